The van der Waals surface area contributed by atoms with Crippen LogP contribution in [0.1, 0.15) is 26.2 Å². The molecule has 0 aromatic rings. The fourth-order valence-corrected chi connectivity index (χ4v) is 1.95. The number of rotatable bonds is 4. The van der Waals surface area contributed by atoms with Crippen molar-refractivity contribution in [1.82, 2.24) is 10.2 Å². The summed E-state index contributed by atoms with van der Waals surface area (Å²) >= 11 is 0. The van der Waals surface area contributed by atoms with E-state index in [2.05, 4.69) is 5.32 Å². The molecule has 0 bridgehead atoms. The van der Waals surface area contributed by atoms with Crippen LogP contribution in [0.3, 0.4) is 0 Å². The summed E-state index contributed by atoms with van der Waals surface area (Å²) in [7, 11) is 0. The predicted octanol–water partition coefficient (Wildman–Crippen LogP) is 2.01. The van der Waals surface area contributed by atoms with Gasteiger partial charge < -0.3 is 5.32 Å². The molecular weight excluding hydrogens is 205 g/mol. The molecule has 1 aliphatic heterocycles. The van der Waals surface area contributed by atoms with E-state index in [0.29, 0.717) is 13.1 Å². The van der Waals surface area contributed by atoms with Crippen LogP contribution < -0.4 is 5.32 Å². The molecule has 0 aliphatic carbocycles. The molecule has 2 nitrogen and oxygen atoms in total. The number of alkyl halides is 3. The number of piperidine rings is 1. The van der Waals surface area contributed by atoms with Crippen molar-refractivity contribution in [3.63, 3.8) is 0 Å². The maximum Gasteiger partial charge on any atom is 0.401 e. The van der Waals surface area contributed by atoms with Gasteiger partial charge in [-0.1, -0.05) is 13.3 Å². The molecule has 1 heterocycles. The van der Waals surface area contributed by atoms with Crippen LogP contribution in [0.4, 0.5) is 13.2 Å². The highest BCUT2D eigenvalue weighted by Crippen LogP contribution is 2.17. The zero-order valence-corrected chi connectivity index (χ0v) is 9.11. The second-order valence-corrected chi connectivity index (χ2v) is 4.09. The number of nitrogens with one attached hydrogen (secondary N) is 1. The first-order valence-corrected chi connectivity index (χ1v) is 5.54. The molecule has 0 aromatic heterocycles. The molecule has 1 fully saturated rings. The average molecular weight is 224 g/mol. The van der Waals surface area contributed by atoms with E-state index < -0.39 is 12.7 Å². The van der Waals surface area contributed by atoms with Crippen molar-refractivity contribution in [2.75, 3.05) is 26.2 Å². The first-order valence-electron chi connectivity index (χ1n) is 5.54. The van der Waals surface area contributed by atoms with E-state index in [1.165, 1.54) is 4.90 Å². The van der Waals surface area contributed by atoms with Crippen LogP contribution in [0.15, 0.2) is 0 Å². The molecule has 1 rings (SSSR count). The van der Waals surface area contributed by atoms with Gasteiger partial charge >= 0.3 is 6.18 Å². The summed E-state index contributed by atoms with van der Waals surface area (Å²) in [6, 6.07) is 0.237. The minimum Gasteiger partial charge on any atom is -0.313 e. The van der Waals surface area contributed by atoms with Gasteiger partial charge in [0.2, 0.25) is 0 Å². The van der Waals surface area contributed by atoms with Gasteiger partial charge in [-0.05, 0) is 25.9 Å². The quantitative estimate of drug-likeness (QED) is 0.786. The van der Waals surface area contributed by atoms with E-state index in [4.69, 9.17) is 0 Å². The largest absolute Gasteiger partial charge is 0.401 e. The first-order chi connectivity index (χ1) is 7.01. The Morgan fingerprint density at radius 1 is 1.33 bits per heavy atom. The highest BCUT2D eigenvalue weighted by atomic mass is 19.4. The van der Waals surface area contributed by atoms with Gasteiger partial charge in [0.25, 0.3) is 0 Å². The maximum atomic E-state index is 12.2. The highest BCUT2D eigenvalue weighted by molar-refractivity contribution is 4.76. The lowest BCUT2D eigenvalue weighted by molar-refractivity contribution is -0.146. The van der Waals surface area contributed by atoms with Gasteiger partial charge in [0.05, 0.1) is 6.54 Å². The van der Waals surface area contributed by atoms with Gasteiger partial charge in [-0.25, -0.2) is 0 Å². The van der Waals surface area contributed by atoms with E-state index in [1.54, 1.807) is 6.92 Å². The Labute approximate surface area is 88.8 Å². The molecule has 1 N–H and O–H groups in total. The molecule has 15 heavy (non-hydrogen) atoms. The molecular formula is C10H19F3N2. The lowest BCUT2D eigenvalue weighted by Crippen LogP contribution is -2.46. The number of hydrogen-bond acceptors (Lipinski definition) is 2. The minimum atomic E-state index is -4.08. The van der Waals surface area contributed by atoms with E-state index in [9.17, 15) is 13.2 Å². The van der Waals surface area contributed by atoms with Crippen molar-refractivity contribution >= 4 is 0 Å². The number of likely N-dealkylation sites (N-methyl/N-ethyl adjacent to an activating group) is 1. The van der Waals surface area contributed by atoms with Crippen LogP contribution in [0.2, 0.25) is 0 Å². The van der Waals surface area contributed by atoms with Crippen molar-refractivity contribution in [3.05, 3.63) is 0 Å². The van der Waals surface area contributed by atoms with Crippen molar-refractivity contribution in [1.29, 1.82) is 0 Å². The highest BCUT2D eigenvalue weighted by Gasteiger charge is 2.31. The molecule has 0 radical (unpaired) electrons. The van der Waals surface area contributed by atoms with E-state index in [-0.39, 0.29) is 6.04 Å². The first kappa shape index (κ1) is 12.8. The van der Waals surface area contributed by atoms with Crippen molar-refractivity contribution < 1.29 is 13.2 Å². The van der Waals surface area contributed by atoms with Crippen molar-refractivity contribution in [2.45, 2.75) is 38.4 Å². The molecule has 0 spiro atoms. The van der Waals surface area contributed by atoms with E-state index in [0.717, 1.165) is 25.8 Å². The molecule has 1 saturated heterocycles. The van der Waals surface area contributed by atoms with Crippen LogP contribution in [0.25, 0.3) is 0 Å². The van der Waals surface area contributed by atoms with Gasteiger partial charge in [0.1, 0.15) is 0 Å². The maximum absolute atomic E-state index is 12.2. The van der Waals surface area contributed by atoms with Gasteiger partial charge in [-0.3, -0.25) is 4.90 Å². The monoisotopic (exact) mass is 224 g/mol. The van der Waals surface area contributed by atoms with Gasteiger partial charge in [0, 0.05) is 12.6 Å². The Morgan fingerprint density at radius 3 is 2.53 bits per heavy atom. The van der Waals surface area contributed by atoms with Crippen LogP contribution in [-0.2, 0) is 0 Å². The lowest BCUT2D eigenvalue weighted by atomic mass is 10.0. The summed E-state index contributed by atoms with van der Waals surface area (Å²) in [5.41, 5.74) is 0. The fourth-order valence-electron chi connectivity index (χ4n) is 1.95. The topological polar surface area (TPSA) is 15.3 Å². The smallest absolute Gasteiger partial charge is 0.313 e. The number of nitrogens with zero attached hydrogens (tertiary/aromatic N) is 1. The molecule has 1 atom stereocenters. The Balaban J connectivity index is 2.31. The van der Waals surface area contributed by atoms with Crippen molar-refractivity contribution in [2.24, 2.45) is 0 Å². The van der Waals surface area contributed by atoms with Gasteiger partial charge in [-0.2, -0.15) is 13.2 Å². The van der Waals surface area contributed by atoms with Crippen LogP contribution in [0.5, 0.6) is 0 Å². The minimum absolute atomic E-state index is 0.237. The fraction of sp³-hybridized carbons (Fsp3) is 1.00. The third-order valence-electron chi connectivity index (χ3n) is 2.74. The molecule has 1 aliphatic rings. The number of hydrogen-bond donors (Lipinski definition) is 1. The van der Waals surface area contributed by atoms with Gasteiger partial charge in [0.15, 0.2) is 0 Å². The third kappa shape index (κ3) is 5.37. The third-order valence-corrected chi connectivity index (χ3v) is 2.74. The summed E-state index contributed by atoms with van der Waals surface area (Å²) in [5, 5.41) is 3.26. The molecule has 5 heteroatoms. The molecule has 0 aromatic carbocycles. The van der Waals surface area contributed by atoms with E-state index >= 15 is 0 Å². The second-order valence-electron chi connectivity index (χ2n) is 4.09. The van der Waals surface area contributed by atoms with Crippen LogP contribution in [-0.4, -0.2) is 43.3 Å². The van der Waals surface area contributed by atoms with Crippen LogP contribution in [0, 0.1) is 0 Å². The Hall–Kier alpha value is -0.290. The number of halogens is 3. The zero-order valence-electron chi connectivity index (χ0n) is 9.11. The summed E-state index contributed by atoms with van der Waals surface area (Å²) in [6.45, 7) is 2.89. The van der Waals surface area contributed by atoms with Crippen LogP contribution >= 0.6 is 0 Å². The predicted molar refractivity (Wildman–Crippen MR) is 53.8 cm³/mol. The molecule has 1 unspecified atom stereocenters. The summed E-state index contributed by atoms with van der Waals surface area (Å²) in [4.78, 5) is 1.46. The Bertz CT molecular complexity index is 176. The van der Waals surface area contributed by atoms with Gasteiger partial charge in [-0.15, -0.1) is 0 Å². The zero-order chi connectivity index (χ0) is 11.3. The molecule has 0 saturated carbocycles. The lowest BCUT2D eigenvalue weighted by Gasteiger charge is -2.30. The normalized spacial score (nSPS) is 23.4. The SMILES string of the molecule is CCN(CC1CCCCN1)CC(F)(F)F. The molecule has 90 valence electrons. The average Bonchev–Trinajstić information content (AvgIpc) is 2.16. The van der Waals surface area contributed by atoms with E-state index in [1.807, 2.05) is 0 Å². The summed E-state index contributed by atoms with van der Waals surface area (Å²) in [5.74, 6) is 0. The van der Waals surface area contributed by atoms with Crippen molar-refractivity contribution in [3.8, 4) is 0 Å². The summed E-state index contributed by atoms with van der Waals surface area (Å²) < 4.78 is 36.6. The summed E-state index contributed by atoms with van der Waals surface area (Å²) in [6.07, 6.45) is -0.817. The Morgan fingerprint density at radius 2 is 2.07 bits per heavy atom. The Kier molecular flexibility index (Phi) is 4.86. The standard InChI is InChI=1S/C10H19F3N2/c1-2-15(8-10(11,12)13)7-9-5-3-4-6-14-9/h9,14H,2-8H2,1H3. The second kappa shape index (κ2) is 5.70. The molecule has 0 amide bonds.